The molecule has 0 atom stereocenters. The van der Waals surface area contributed by atoms with Gasteiger partial charge in [0.05, 0.1) is 5.69 Å². The highest BCUT2D eigenvalue weighted by Crippen LogP contribution is 2.28. The summed E-state index contributed by atoms with van der Waals surface area (Å²) in [6.07, 6.45) is 12.4. The highest BCUT2D eigenvalue weighted by Gasteiger charge is 2.21. The highest BCUT2D eigenvalue weighted by atomic mass is 15.1. The summed E-state index contributed by atoms with van der Waals surface area (Å²) >= 11 is 0. The third kappa shape index (κ3) is 2.27. The molecule has 1 aromatic heterocycles. The van der Waals surface area contributed by atoms with Gasteiger partial charge in [0.15, 0.2) is 0 Å². The molecule has 1 fully saturated rings. The van der Waals surface area contributed by atoms with Crippen LogP contribution in [0.4, 0.5) is 0 Å². The van der Waals surface area contributed by atoms with Gasteiger partial charge >= 0.3 is 0 Å². The maximum Gasteiger partial charge on any atom is 0.106 e. The zero-order valence-electron chi connectivity index (χ0n) is 11.0. The minimum absolute atomic E-state index is 0.919. The fourth-order valence-electron chi connectivity index (χ4n) is 3.61. The second kappa shape index (κ2) is 4.83. The number of hydrogen-bond acceptors (Lipinski definition) is 1. The maximum absolute atomic E-state index is 4.78. The number of rotatable bonds is 2. The van der Waals surface area contributed by atoms with E-state index in [2.05, 4.69) is 11.5 Å². The summed E-state index contributed by atoms with van der Waals surface area (Å²) in [5.41, 5.74) is 2.98. The van der Waals surface area contributed by atoms with Crippen LogP contribution in [0.1, 0.15) is 62.2 Å². The van der Waals surface area contributed by atoms with E-state index in [-0.39, 0.29) is 0 Å². The highest BCUT2D eigenvalue weighted by molar-refractivity contribution is 5.19. The number of fused-ring (bicyclic) bond motifs is 1. The summed E-state index contributed by atoms with van der Waals surface area (Å²) in [6.45, 7) is 3.44. The van der Waals surface area contributed by atoms with Crippen molar-refractivity contribution in [3.63, 3.8) is 0 Å². The van der Waals surface area contributed by atoms with E-state index in [0.717, 1.165) is 5.92 Å². The van der Waals surface area contributed by atoms with Gasteiger partial charge in [0.25, 0.3) is 0 Å². The Morgan fingerprint density at radius 2 is 1.82 bits per heavy atom. The lowest BCUT2D eigenvalue weighted by Gasteiger charge is -2.24. The van der Waals surface area contributed by atoms with Crippen LogP contribution in [0.2, 0.25) is 0 Å². The Labute approximate surface area is 104 Å². The topological polar surface area (TPSA) is 17.8 Å². The Kier molecular flexibility index (Phi) is 3.21. The van der Waals surface area contributed by atoms with Crippen molar-refractivity contribution >= 4 is 0 Å². The summed E-state index contributed by atoms with van der Waals surface area (Å²) in [5, 5.41) is 0. The van der Waals surface area contributed by atoms with Crippen molar-refractivity contribution in [3.05, 3.63) is 17.2 Å². The van der Waals surface area contributed by atoms with Crippen molar-refractivity contribution in [1.82, 2.24) is 9.55 Å². The van der Waals surface area contributed by atoms with E-state index in [1.165, 1.54) is 75.9 Å². The van der Waals surface area contributed by atoms with Gasteiger partial charge in [0.2, 0.25) is 0 Å². The molecule has 0 saturated heterocycles. The van der Waals surface area contributed by atoms with Crippen molar-refractivity contribution < 1.29 is 0 Å². The number of aromatic nitrogens is 2. The standard InChI is InChI=1S/C15H24N2/c1-12-16-14-9-5-6-10-15(14)17(12)11-13-7-3-2-4-8-13/h13H,2-11H2,1H3. The lowest BCUT2D eigenvalue weighted by Crippen LogP contribution is -2.18. The summed E-state index contributed by atoms with van der Waals surface area (Å²) < 4.78 is 2.55. The minimum Gasteiger partial charge on any atom is -0.332 e. The molecule has 0 radical (unpaired) electrons. The molecule has 2 nitrogen and oxygen atoms in total. The van der Waals surface area contributed by atoms with Crippen LogP contribution in [0, 0.1) is 12.8 Å². The molecule has 0 aliphatic heterocycles. The van der Waals surface area contributed by atoms with Crippen molar-refractivity contribution in [1.29, 1.82) is 0 Å². The van der Waals surface area contributed by atoms with Crippen LogP contribution >= 0.6 is 0 Å². The molecule has 0 unspecified atom stereocenters. The first kappa shape index (κ1) is 11.3. The van der Waals surface area contributed by atoms with E-state index in [9.17, 15) is 0 Å². The molecule has 0 bridgehead atoms. The Morgan fingerprint density at radius 1 is 1.06 bits per heavy atom. The smallest absolute Gasteiger partial charge is 0.106 e. The fraction of sp³-hybridized carbons (Fsp3) is 0.800. The summed E-state index contributed by atoms with van der Waals surface area (Å²) in [7, 11) is 0. The van der Waals surface area contributed by atoms with Gasteiger partial charge in [-0.25, -0.2) is 4.98 Å². The zero-order valence-corrected chi connectivity index (χ0v) is 11.0. The van der Waals surface area contributed by atoms with Crippen LogP contribution in [0.25, 0.3) is 0 Å². The molecule has 2 heteroatoms. The molecule has 0 N–H and O–H groups in total. The minimum atomic E-state index is 0.919. The Balaban J connectivity index is 1.79. The SMILES string of the molecule is Cc1nc2c(n1CC1CCCCC1)CCCC2. The average Bonchev–Trinajstić information content (AvgIpc) is 2.68. The molecule has 0 spiro atoms. The monoisotopic (exact) mass is 232 g/mol. The van der Waals surface area contributed by atoms with Crippen LogP contribution in [0.3, 0.4) is 0 Å². The van der Waals surface area contributed by atoms with E-state index < -0.39 is 0 Å². The third-order valence-electron chi connectivity index (χ3n) is 4.59. The Bertz CT molecular complexity index is 386. The summed E-state index contributed by atoms with van der Waals surface area (Å²) in [6, 6.07) is 0. The predicted octanol–water partition coefficient (Wildman–Crippen LogP) is 3.65. The van der Waals surface area contributed by atoms with Gasteiger partial charge in [-0.05, 0) is 51.4 Å². The number of aryl methyl sites for hydroxylation is 2. The van der Waals surface area contributed by atoms with Gasteiger partial charge in [0, 0.05) is 12.2 Å². The van der Waals surface area contributed by atoms with Gasteiger partial charge in [-0.15, -0.1) is 0 Å². The molecule has 3 rings (SSSR count). The van der Waals surface area contributed by atoms with Gasteiger partial charge < -0.3 is 4.57 Å². The van der Waals surface area contributed by atoms with Crippen molar-refractivity contribution in [2.24, 2.45) is 5.92 Å². The molecule has 1 aromatic rings. The maximum atomic E-state index is 4.78. The molecule has 2 aliphatic rings. The first-order valence-electron chi connectivity index (χ1n) is 7.39. The molecule has 17 heavy (non-hydrogen) atoms. The van der Waals surface area contributed by atoms with Gasteiger partial charge in [-0.1, -0.05) is 19.3 Å². The lowest BCUT2D eigenvalue weighted by atomic mass is 9.89. The molecular weight excluding hydrogens is 208 g/mol. The third-order valence-corrected chi connectivity index (χ3v) is 4.59. The van der Waals surface area contributed by atoms with E-state index >= 15 is 0 Å². The predicted molar refractivity (Wildman–Crippen MR) is 70.2 cm³/mol. The van der Waals surface area contributed by atoms with Gasteiger partial charge in [0.1, 0.15) is 5.82 Å². The van der Waals surface area contributed by atoms with E-state index in [0.29, 0.717) is 0 Å². The average molecular weight is 232 g/mol. The van der Waals surface area contributed by atoms with E-state index in [1.54, 1.807) is 5.69 Å². The number of imidazole rings is 1. The van der Waals surface area contributed by atoms with Gasteiger partial charge in [-0.3, -0.25) is 0 Å². The van der Waals surface area contributed by atoms with Crippen molar-refractivity contribution in [2.75, 3.05) is 0 Å². The lowest BCUT2D eigenvalue weighted by molar-refractivity contribution is 0.313. The number of hydrogen-bond donors (Lipinski definition) is 0. The Hall–Kier alpha value is -0.790. The molecule has 0 amide bonds. The molecule has 1 saturated carbocycles. The molecule has 94 valence electrons. The van der Waals surface area contributed by atoms with Crippen molar-refractivity contribution in [3.8, 4) is 0 Å². The summed E-state index contributed by atoms with van der Waals surface area (Å²) in [4.78, 5) is 4.78. The molecule has 1 heterocycles. The first-order valence-corrected chi connectivity index (χ1v) is 7.39. The fourth-order valence-corrected chi connectivity index (χ4v) is 3.61. The van der Waals surface area contributed by atoms with Crippen LogP contribution < -0.4 is 0 Å². The van der Waals surface area contributed by atoms with Crippen LogP contribution in [0.5, 0.6) is 0 Å². The quantitative estimate of drug-likeness (QED) is 0.761. The molecule has 0 aromatic carbocycles. The van der Waals surface area contributed by atoms with Crippen molar-refractivity contribution in [2.45, 2.75) is 71.3 Å². The first-order chi connectivity index (χ1) is 8.34. The van der Waals surface area contributed by atoms with E-state index in [1.807, 2.05) is 0 Å². The second-order valence-electron chi connectivity index (χ2n) is 5.87. The van der Waals surface area contributed by atoms with E-state index in [4.69, 9.17) is 4.98 Å². The largest absolute Gasteiger partial charge is 0.332 e. The van der Waals surface area contributed by atoms with Crippen LogP contribution in [0.15, 0.2) is 0 Å². The van der Waals surface area contributed by atoms with Crippen LogP contribution in [-0.2, 0) is 19.4 Å². The molecular formula is C15H24N2. The normalized spacial score (nSPS) is 21.5. The van der Waals surface area contributed by atoms with Crippen LogP contribution in [-0.4, -0.2) is 9.55 Å². The summed E-state index contributed by atoms with van der Waals surface area (Å²) in [5.74, 6) is 2.19. The van der Waals surface area contributed by atoms with Gasteiger partial charge in [-0.2, -0.15) is 0 Å². The Morgan fingerprint density at radius 3 is 2.65 bits per heavy atom. The zero-order chi connectivity index (χ0) is 11.7. The molecule has 2 aliphatic carbocycles. The second-order valence-corrected chi connectivity index (χ2v) is 5.87. The number of nitrogens with zero attached hydrogens (tertiary/aromatic N) is 2.